The summed E-state index contributed by atoms with van der Waals surface area (Å²) in [5.41, 5.74) is 5.79. The summed E-state index contributed by atoms with van der Waals surface area (Å²) >= 11 is 0. The minimum absolute atomic E-state index is 0.0376. The molecule has 1 aromatic heterocycles. The van der Waals surface area contributed by atoms with Gasteiger partial charge >= 0.3 is 0 Å². The maximum atomic E-state index is 5.79. The Morgan fingerprint density at radius 2 is 2.33 bits per heavy atom. The fourth-order valence-corrected chi connectivity index (χ4v) is 1.06. The van der Waals surface area contributed by atoms with Gasteiger partial charge < -0.3 is 15.5 Å². The minimum atomic E-state index is 0.0376. The van der Waals surface area contributed by atoms with Gasteiger partial charge in [-0.1, -0.05) is 6.92 Å². The van der Waals surface area contributed by atoms with Crippen molar-refractivity contribution in [2.24, 2.45) is 5.73 Å². The zero-order valence-electron chi connectivity index (χ0n) is 7.63. The van der Waals surface area contributed by atoms with E-state index in [0.717, 1.165) is 24.5 Å². The van der Waals surface area contributed by atoms with Crippen LogP contribution in [0.1, 0.15) is 30.9 Å². The van der Waals surface area contributed by atoms with Crippen LogP contribution < -0.4 is 11.1 Å². The highest BCUT2D eigenvalue weighted by Crippen LogP contribution is 2.16. The van der Waals surface area contributed by atoms with E-state index in [4.69, 9.17) is 10.2 Å². The first-order valence-electron chi connectivity index (χ1n) is 4.26. The summed E-state index contributed by atoms with van der Waals surface area (Å²) in [6.07, 6.45) is 0.909. The van der Waals surface area contributed by atoms with Gasteiger partial charge in [-0.2, -0.15) is 0 Å². The molecule has 0 saturated heterocycles. The molecule has 0 aliphatic rings. The van der Waals surface area contributed by atoms with Gasteiger partial charge in [-0.3, -0.25) is 0 Å². The Bertz CT molecular complexity index is 232. The highest BCUT2D eigenvalue weighted by molar-refractivity contribution is 5.10. The van der Waals surface area contributed by atoms with Crippen molar-refractivity contribution in [2.45, 2.75) is 25.9 Å². The first kappa shape index (κ1) is 9.29. The van der Waals surface area contributed by atoms with Gasteiger partial charge in [-0.25, -0.2) is 0 Å². The summed E-state index contributed by atoms with van der Waals surface area (Å²) in [7, 11) is 1.89. The summed E-state index contributed by atoms with van der Waals surface area (Å²) in [6, 6.07) is 3.94. The van der Waals surface area contributed by atoms with Gasteiger partial charge in [-0.05, 0) is 25.6 Å². The fraction of sp³-hybridized carbons (Fsp3) is 0.556. The monoisotopic (exact) mass is 168 g/mol. The second-order valence-corrected chi connectivity index (χ2v) is 2.85. The second-order valence-electron chi connectivity index (χ2n) is 2.85. The van der Waals surface area contributed by atoms with E-state index >= 15 is 0 Å². The highest BCUT2D eigenvalue weighted by Gasteiger charge is 2.07. The predicted molar refractivity (Wildman–Crippen MR) is 48.7 cm³/mol. The molecule has 3 N–H and O–H groups in total. The molecule has 1 atom stereocenters. The van der Waals surface area contributed by atoms with Gasteiger partial charge in [-0.15, -0.1) is 0 Å². The van der Waals surface area contributed by atoms with Crippen LogP contribution in [0.4, 0.5) is 0 Å². The molecule has 12 heavy (non-hydrogen) atoms. The molecular weight excluding hydrogens is 152 g/mol. The molecule has 1 heterocycles. The largest absolute Gasteiger partial charge is 0.463 e. The van der Waals surface area contributed by atoms with Crippen LogP contribution in [0, 0.1) is 0 Å². The quantitative estimate of drug-likeness (QED) is 0.714. The van der Waals surface area contributed by atoms with Crippen LogP contribution in [0.15, 0.2) is 16.5 Å². The summed E-state index contributed by atoms with van der Waals surface area (Å²) in [4.78, 5) is 0. The Hall–Kier alpha value is -0.800. The summed E-state index contributed by atoms with van der Waals surface area (Å²) < 4.78 is 5.49. The number of rotatable bonds is 4. The number of nitrogens with one attached hydrogen (secondary N) is 1. The predicted octanol–water partition coefficient (Wildman–Crippen LogP) is 1.41. The average Bonchev–Trinajstić information content (AvgIpc) is 2.52. The Morgan fingerprint density at radius 1 is 1.58 bits per heavy atom. The van der Waals surface area contributed by atoms with Crippen molar-refractivity contribution in [1.29, 1.82) is 0 Å². The van der Waals surface area contributed by atoms with Crippen molar-refractivity contribution in [3.63, 3.8) is 0 Å². The molecule has 1 rings (SSSR count). The Balaban J connectivity index is 2.63. The Labute approximate surface area is 72.9 Å². The molecule has 0 bridgehead atoms. The maximum absolute atomic E-state index is 5.79. The third-order valence-corrected chi connectivity index (χ3v) is 1.84. The lowest BCUT2D eigenvalue weighted by Gasteiger charge is -2.03. The van der Waals surface area contributed by atoms with Crippen LogP contribution in [0.3, 0.4) is 0 Å². The highest BCUT2D eigenvalue weighted by atomic mass is 16.3. The lowest BCUT2D eigenvalue weighted by molar-refractivity contribution is 0.421. The van der Waals surface area contributed by atoms with Crippen molar-refractivity contribution in [3.05, 3.63) is 23.7 Å². The number of nitrogens with two attached hydrogens (primary N) is 1. The van der Waals surface area contributed by atoms with Crippen LogP contribution in [-0.2, 0) is 6.54 Å². The summed E-state index contributed by atoms with van der Waals surface area (Å²) in [5, 5.41) is 3.02. The van der Waals surface area contributed by atoms with Crippen LogP contribution >= 0.6 is 0 Å². The molecule has 1 aromatic rings. The van der Waals surface area contributed by atoms with E-state index in [0.29, 0.717) is 0 Å². The van der Waals surface area contributed by atoms with E-state index in [1.165, 1.54) is 0 Å². The fourth-order valence-electron chi connectivity index (χ4n) is 1.06. The normalized spacial score (nSPS) is 13.2. The van der Waals surface area contributed by atoms with E-state index in [1.807, 2.05) is 26.1 Å². The van der Waals surface area contributed by atoms with E-state index in [9.17, 15) is 0 Å². The molecule has 0 spiro atoms. The molecule has 0 aromatic carbocycles. The van der Waals surface area contributed by atoms with Crippen LogP contribution in [0.2, 0.25) is 0 Å². The molecule has 0 aliphatic carbocycles. The zero-order valence-corrected chi connectivity index (χ0v) is 7.63. The number of hydrogen-bond donors (Lipinski definition) is 2. The molecule has 3 heteroatoms. The van der Waals surface area contributed by atoms with E-state index in [-0.39, 0.29) is 6.04 Å². The van der Waals surface area contributed by atoms with Crippen LogP contribution in [0.25, 0.3) is 0 Å². The van der Waals surface area contributed by atoms with Crippen LogP contribution in [0.5, 0.6) is 0 Å². The average molecular weight is 168 g/mol. The van der Waals surface area contributed by atoms with E-state index < -0.39 is 0 Å². The van der Waals surface area contributed by atoms with E-state index in [1.54, 1.807) is 0 Å². The number of furan rings is 1. The van der Waals surface area contributed by atoms with Crippen molar-refractivity contribution < 1.29 is 4.42 Å². The smallest absolute Gasteiger partial charge is 0.120 e. The minimum Gasteiger partial charge on any atom is -0.463 e. The summed E-state index contributed by atoms with van der Waals surface area (Å²) in [5.74, 6) is 1.82. The van der Waals surface area contributed by atoms with Crippen molar-refractivity contribution in [2.75, 3.05) is 7.05 Å². The third-order valence-electron chi connectivity index (χ3n) is 1.84. The molecule has 1 unspecified atom stereocenters. The van der Waals surface area contributed by atoms with Gasteiger partial charge in [0.25, 0.3) is 0 Å². The number of hydrogen-bond acceptors (Lipinski definition) is 3. The van der Waals surface area contributed by atoms with Gasteiger partial charge in [0, 0.05) is 0 Å². The molecule has 68 valence electrons. The molecule has 0 radical (unpaired) electrons. The third kappa shape index (κ3) is 2.09. The molecule has 0 amide bonds. The molecule has 3 nitrogen and oxygen atoms in total. The lowest BCUT2D eigenvalue weighted by atomic mass is 10.2. The standard InChI is InChI=1S/C9H16N2O/c1-3-8(10)9-5-4-7(12-9)6-11-2/h4-5,8,11H,3,6,10H2,1-2H3. The van der Waals surface area contributed by atoms with E-state index in [2.05, 4.69) is 5.32 Å². The molecule has 0 fully saturated rings. The second kappa shape index (κ2) is 4.28. The van der Waals surface area contributed by atoms with Crippen molar-refractivity contribution >= 4 is 0 Å². The first-order chi connectivity index (χ1) is 5.77. The maximum Gasteiger partial charge on any atom is 0.120 e. The lowest BCUT2D eigenvalue weighted by Crippen LogP contribution is -2.07. The van der Waals surface area contributed by atoms with Gasteiger partial charge in [0.1, 0.15) is 11.5 Å². The zero-order chi connectivity index (χ0) is 8.97. The molecule has 0 aliphatic heterocycles. The van der Waals surface area contributed by atoms with Gasteiger partial charge in [0.15, 0.2) is 0 Å². The van der Waals surface area contributed by atoms with Gasteiger partial charge in [0.05, 0.1) is 12.6 Å². The molecule has 0 saturated carbocycles. The Morgan fingerprint density at radius 3 is 2.92 bits per heavy atom. The SMILES string of the molecule is CCC(N)c1ccc(CNC)o1. The summed E-state index contributed by atoms with van der Waals surface area (Å²) in [6.45, 7) is 2.81. The Kier molecular flexibility index (Phi) is 3.31. The molecular formula is C9H16N2O. The first-order valence-corrected chi connectivity index (χ1v) is 4.26. The van der Waals surface area contributed by atoms with Crippen molar-refractivity contribution in [3.8, 4) is 0 Å². The topological polar surface area (TPSA) is 51.2 Å². The van der Waals surface area contributed by atoms with Crippen molar-refractivity contribution in [1.82, 2.24) is 5.32 Å². The van der Waals surface area contributed by atoms with Crippen LogP contribution in [-0.4, -0.2) is 7.05 Å². The van der Waals surface area contributed by atoms with Gasteiger partial charge in [0.2, 0.25) is 0 Å².